The molecule has 1 aromatic rings. The molecule has 2 rings (SSSR count). The number of urea groups is 1. The zero-order valence-electron chi connectivity index (χ0n) is 14.7. The maximum atomic E-state index is 12.5. The molecule has 0 radical (unpaired) electrons. The molecule has 6 heteroatoms. The van der Waals surface area contributed by atoms with E-state index in [9.17, 15) is 9.59 Å². The summed E-state index contributed by atoms with van der Waals surface area (Å²) in [5.41, 5.74) is 0.787. The summed E-state index contributed by atoms with van der Waals surface area (Å²) >= 11 is 1.67. The van der Waals surface area contributed by atoms with Crippen molar-refractivity contribution in [2.75, 3.05) is 37.8 Å². The molecule has 1 heterocycles. The van der Waals surface area contributed by atoms with Crippen LogP contribution in [0, 0.1) is 5.92 Å². The lowest BCUT2D eigenvalue weighted by Crippen LogP contribution is -2.47. The number of nitrogens with zero attached hydrogens (tertiary/aromatic N) is 2. The topological polar surface area (TPSA) is 52.7 Å². The molecule has 1 atom stereocenters. The Morgan fingerprint density at radius 1 is 1.25 bits per heavy atom. The third-order valence-electron chi connectivity index (χ3n) is 4.47. The summed E-state index contributed by atoms with van der Waals surface area (Å²) in [4.78, 5) is 29.8. The van der Waals surface area contributed by atoms with E-state index in [-0.39, 0.29) is 17.9 Å². The van der Waals surface area contributed by atoms with Gasteiger partial charge in [0.1, 0.15) is 0 Å². The molecule has 0 aliphatic carbocycles. The van der Waals surface area contributed by atoms with Crippen molar-refractivity contribution >= 4 is 29.4 Å². The zero-order chi connectivity index (χ0) is 17.5. The van der Waals surface area contributed by atoms with Gasteiger partial charge in [-0.3, -0.25) is 4.79 Å². The number of benzene rings is 1. The Morgan fingerprint density at radius 2 is 1.92 bits per heavy atom. The number of amides is 3. The van der Waals surface area contributed by atoms with Crippen LogP contribution in [-0.4, -0.2) is 54.2 Å². The second-order valence-electron chi connectivity index (χ2n) is 5.95. The van der Waals surface area contributed by atoms with Gasteiger partial charge in [-0.25, -0.2) is 4.79 Å². The SMILES string of the molecule is CCN(CC)C(=O)C1CCCN(C(=O)Nc2ccc(SC)cc2)C1. The minimum absolute atomic E-state index is 0.0803. The summed E-state index contributed by atoms with van der Waals surface area (Å²) in [6, 6.07) is 7.68. The molecule has 0 spiro atoms. The first-order valence-corrected chi connectivity index (χ1v) is 9.80. The molecule has 1 aliphatic heterocycles. The van der Waals surface area contributed by atoms with Gasteiger partial charge >= 0.3 is 6.03 Å². The summed E-state index contributed by atoms with van der Waals surface area (Å²) in [5.74, 6) is 0.0880. The Morgan fingerprint density at radius 3 is 2.50 bits per heavy atom. The number of nitrogens with one attached hydrogen (secondary N) is 1. The van der Waals surface area contributed by atoms with E-state index in [1.165, 1.54) is 0 Å². The van der Waals surface area contributed by atoms with Crippen molar-refractivity contribution in [1.29, 1.82) is 0 Å². The Bertz CT molecular complexity index is 558. The minimum atomic E-state index is -0.121. The van der Waals surface area contributed by atoms with Crippen molar-refractivity contribution in [3.63, 3.8) is 0 Å². The average molecular weight is 350 g/mol. The smallest absolute Gasteiger partial charge is 0.321 e. The zero-order valence-corrected chi connectivity index (χ0v) is 15.6. The van der Waals surface area contributed by atoms with E-state index >= 15 is 0 Å². The minimum Gasteiger partial charge on any atom is -0.343 e. The average Bonchev–Trinajstić information content (AvgIpc) is 2.63. The van der Waals surface area contributed by atoms with Gasteiger partial charge in [-0.05, 0) is 57.2 Å². The molecule has 0 aromatic heterocycles. The lowest BCUT2D eigenvalue weighted by atomic mass is 9.96. The van der Waals surface area contributed by atoms with Gasteiger partial charge in [0.05, 0.1) is 5.92 Å². The van der Waals surface area contributed by atoms with Gasteiger partial charge in [-0.2, -0.15) is 0 Å². The first kappa shape index (κ1) is 18.6. The number of carbonyl (C=O) groups excluding carboxylic acids is 2. The summed E-state index contributed by atoms with van der Waals surface area (Å²) in [7, 11) is 0. The van der Waals surface area contributed by atoms with Crippen molar-refractivity contribution in [3.8, 4) is 0 Å². The number of carbonyl (C=O) groups is 2. The van der Waals surface area contributed by atoms with E-state index in [4.69, 9.17) is 0 Å². The van der Waals surface area contributed by atoms with Crippen LogP contribution in [0.3, 0.4) is 0 Å². The number of piperidine rings is 1. The molecule has 0 bridgehead atoms. The van der Waals surface area contributed by atoms with Crippen molar-refractivity contribution < 1.29 is 9.59 Å². The Labute approximate surface area is 148 Å². The molecule has 1 saturated heterocycles. The molecule has 1 fully saturated rings. The summed E-state index contributed by atoms with van der Waals surface area (Å²) < 4.78 is 0. The molecule has 1 aromatic carbocycles. The van der Waals surface area contributed by atoms with Crippen LogP contribution < -0.4 is 5.32 Å². The number of hydrogen-bond donors (Lipinski definition) is 1. The largest absolute Gasteiger partial charge is 0.343 e. The highest BCUT2D eigenvalue weighted by atomic mass is 32.2. The standard InChI is InChI=1S/C18H27N3O2S/c1-4-20(5-2)17(22)14-7-6-12-21(13-14)18(23)19-15-8-10-16(24-3)11-9-15/h8-11,14H,4-7,12-13H2,1-3H3,(H,19,23). The van der Waals surface area contributed by atoms with E-state index in [0.717, 1.165) is 36.5 Å². The van der Waals surface area contributed by atoms with Gasteiger partial charge in [-0.1, -0.05) is 0 Å². The number of rotatable bonds is 5. The van der Waals surface area contributed by atoms with Crippen LogP contribution in [0.15, 0.2) is 29.2 Å². The first-order chi connectivity index (χ1) is 11.6. The van der Waals surface area contributed by atoms with Crippen LogP contribution in [0.1, 0.15) is 26.7 Å². The van der Waals surface area contributed by atoms with Crippen molar-refractivity contribution in [3.05, 3.63) is 24.3 Å². The molecule has 3 amide bonds. The van der Waals surface area contributed by atoms with Gasteiger partial charge in [-0.15, -0.1) is 11.8 Å². The van der Waals surface area contributed by atoms with Crippen LogP contribution in [0.4, 0.5) is 10.5 Å². The van der Waals surface area contributed by atoms with Crippen molar-refractivity contribution in [2.24, 2.45) is 5.92 Å². The summed E-state index contributed by atoms with van der Waals surface area (Å²) in [6.45, 7) is 6.64. The fourth-order valence-corrected chi connectivity index (χ4v) is 3.44. The number of hydrogen-bond acceptors (Lipinski definition) is 3. The lowest BCUT2D eigenvalue weighted by molar-refractivity contribution is -0.136. The first-order valence-electron chi connectivity index (χ1n) is 8.57. The normalized spacial score (nSPS) is 17.5. The predicted octanol–water partition coefficient (Wildman–Crippen LogP) is 3.52. The van der Waals surface area contributed by atoms with Gasteiger partial charge in [0.25, 0.3) is 0 Å². The molecule has 0 saturated carbocycles. The molecule has 1 unspecified atom stereocenters. The quantitative estimate of drug-likeness (QED) is 0.828. The molecule has 1 aliphatic rings. The Kier molecular flexibility index (Phi) is 6.97. The van der Waals surface area contributed by atoms with E-state index in [2.05, 4.69) is 5.32 Å². The van der Waals surface area contributed by atoms with Crippen LogP contribution in [0.2, 0.25) is 0 Å². The molecule has 24 heavy (non-hydrogen) atoms. The van der Waals surface area contributed by atoms with E-state index in [0.29, 0.717) is 13.1 Å². The number of likely N-dealkylation sites (tertiary alicyclic amines) is 1. The maximum absolute atomic E-state index is 12.5. The molecule has 132 valence electrons. The monoisotopic (exact) mass is 349 g/mol. The Hall–Kier alpha value is -1.69. The third kappa shape index (κ3) is 4.66. The molecular formula is C18H27N3O2S. The van der Waals surface area contributed by atoms with Crippen LogP contribution in [0.5, 0.6) is 0 Å². The fraction of sp³-hybridized carbons (Fsp3) is 0.556. The second-order valence-corrected chi connectivity index (χ2v) is 6.83. The fourth-order valence-electron chi connectivity index (χ4n) is 3.03. The third-order valence-corrected chi connectivity index (χ3v) is 5.22. The highest BCUT2D eigenvalue weighted by Gasteiger charge is 2.30. The van der Waals surface area contributed by atoms with Gasteiger partial charge in [0, 0.05) is 36.8 Å². The second kappa shape index (κ2) is 8.97. The van der Waals surface area contributed by atoms with Crippen LogP contribution in [-0.2, 0) is 4.79 Å². The molecule has 1 N–H and O–H groups in total. The number of thioether (sulfide) groups is 1. The highest BCUT2D eigenvalue weighted by Crippen LogP contribution is 2.21. The highest BCUT2D eigenvalue weighted by molar-refractivity contribution is 7.98. The summed E-state index contributed by atoms with van der Waals surface area (Å²) in [5, 5.41) is 2.93. The Balaban J connectivity index is 1.95. The molecular weight excluding hydrogens is 322 g/mol. The van der Waals surface area contributed by atoms with Crippen molar-refractivity contribution in [2.45, 2.75) is 31.6 Å². The number of anilines is 1. The van der Waals surface area contributed by atoms with Gasteiger partial charge in [0.15, 0.2) is 0 Å². The molecule has 5 nitrogen and oxygen atoms in total. The van der Waals surface area contributed by atoms with E-state index in [1.54, 1.807) is 16.7 Å². The van der Waals surface area contributed by atoms with E-state index < -0.39 is 0 Å². The van der Waals surface area contributed by atoms with Gasteiger partial charge < -0.3 is 15.1 Å². The van der Waals surface area contributed by atoms with Crippen molar-refractivity contribution in [1.82, 2.24) is 9.80 Å². The maximum Gasteiger partial charge on any atom is 0.321 e. The van der Waals surface area contributed by atoms with Gasteiger partial charge in [0.2, 0.25) is 5.91 Å². The van der Waals surface area contributed by atoms with Crippen LogP contribution >= 0.6 is 11.8 Å². The van der Waals surface area contributed by atoms with Crippen LogP contribution in [0.25, 0.3) is 0 Å². The predicted molar refractivity (Wildman–Crippen MR) is 99.5 cm³/mol. The summed E-state index contributed by atoms with van der Waals surface area (Å²) in [6.07, 6.45) is 3.76. The lowest BCUT2D eigenvalue weighted by Gasteiger charge is -2.34. The van der Waals surface area contributed by atoms with E-state index in [1.807, 2.05) is 49.3 Å².